The lowest BCUT2D eigenvalue weighted by atomic mass is 10.2. The zero-order valence-corrected chi connectivity index (χ0v) is 12.6. The van der Waals surface area contributed by atoms with Gasteiger partial charge in [0.05, 0.1) is 4.47 Å². The quantitative estimate of drug-likeness (QED) is 0.805. The molecule has 21 heavy (non-hydrogen) atoms. The monoisotopic (exact) mass is 348 g/mol. The number of carboxylic acids is 1. The first-order chi connectivity index (χ1) is 10.1. The Hall–Kier alpha value is -2.27. The molecule has 0 bridgehead atoms. The van der Waals surface area contributed by atoms with E-state index >= 15 is 0 Å². The number of phenolic OH excluding ortho intramolecular Hbond substituents is 1. The number of halogens is 1. The van der Waals surface area contributed by atoms with Gasteiger partial charge in [-0.05, 0) is 45.8 Å². The number of ether oxygens (including phenoxy) is 1. The summed E-state index contributed by atoms with van der Waals surface area (Å²) in [6.45, 7) is 0.316. The molecule has 5 heteroatoms. The maximum atomic E-state index is 10.6. The average molecular weight is 349 g/mol. The van der Waals surface area contributed by atoms with Gasteiger partial charge in [-0.15, -0.1) is 0 Å². The molecule has 108 valence electrons. The van der Waals surface area contributed by atoms with E-state index in [1.165, 1.54) is 6.08 Å². The molecule has 0 atom stereocenters. The first-order valence-electron chi connectivity index (χ1n) is 6.16. The van der Waals surface area contributed by atoms with E-state index in [4.69, 9.17) is 9.84 Å². The van der Waals surface area contributed by atoms with Crippen LogP contribution in [0.3, 0.4) is 0 Å². The van der Waals surface area contributed by atoms with Crippen LogP contribution in [0.5, 0.6) is 11.5 Å². The number of aliphatic carboxylic acids is 1. The smallest absolute Gasteiger partial charge is 0.328 e. The highest BCUT2D eigenvalue weighted by atomic mass is 79.9. The van der Waals surface area contributed by atoms with Crippen molar-refractivity contribution in [2.45, 2.75) is 6.61 Å². The molecule has 2 rings (SSSR count). The molecule has 0 radical (unpaired) electrons. The average Bonchev–Trinajstić information content (AvgIpc) is 2.46. The number of phenols is 1. The van der Waals surface area contributed by atoms with Gasteiger partial charge in [-0.25, -0.2) is 4.79 Å². The molecule has 0 fully saturated rings. The van der Waals surface area contributed by atoms with Crippen molar-refractivity contribution >= 4 is 28.0 Å². The highest BCUT2D eigenvalue weighted by Gasteiger charge is 2.07. The van der Waals surface area contributed by atoms with Crippen LogP contribution in [0.1, 0.15) is 11.1 Å². The molecule has 0 amide bonds. The van der Waals surface area contributed by atoms with Crippen LogP contribution in [0, 0.1) is 0 Å². The lowest BCUT2D eigenvalue weighted by molar-refractivity contribution is -0.131. The minimum absolute atomic E-state index is 0.199. The number of carbonyl (C=O) groups is 1. The topological polar surface area (TPSA) is 66.8 Å². The van der Waals surface area contributed by atoms with E-state index < -0.39 is 5.97 Å². The van der Waals surface area contributed by atoms with Crippen LogP contribution in [0.4, 0.5) is 0 Å². The normalized spacial score (nSPS) is 10.7. The van der Waals surface area contributed by atoms with Crippen LogP contribution in [-0.2, 0) is 11.4 Å². The molecule has 2 aromatic carbocycles. The van der Waals surface area contributed by atoms with Gasteiger partial charge in [0.25, 0.3) is 0 Å². The summed E-state index contributed by atoms with van der Waals surface area (Å²) in [6.07, 6.45) is 2.55. The van der Waals surface area contributed by atoms with Gasteiger partial charge in [-0.2, -0.15) is 0 Å². The number of carboxylic acid groups (broad SMARTS) is 1. The van der Waals surface area contributed by atoms with Crippen LogP contribution in [-0.4, -0.2) is 16.2 Å². The molecular formula is C16H13BrO4. The Morgan fingerprint density at radius 2 is 1.90 bits per heavy atom. The Morgan fingerprint density at radius 1 is 1.19 bits per heavy atom. The van der Waals surface area contributed by atoms with Gasteiger partial charge in [0, 0.05) is 11.6 Å². The summed E-state index contributed by atoms with van der Waals surface area (Å²) in [5, 5.41) is 17.9. The highest BCUT2D eigenvalue weighted by molar-refractivity contribution is 9.10. The van der Waals surface area contributed by atoms with Gasteiger partial charge < -0.3 is 14.9 Å². The van der Waals surface area contributed by atoms with Crippen LogP contribution in [0.2, 0.25) is 0 Å². The van der Waals surface area contributed by atoms with Crippen molar-refractivity contribution in [2.75, 3.05) is 0 Å². The molecule has 0 aliphatic heterocycles. The zero-order chi connectivity index (χ0) is 15.2. The molecule has 0 aromatic heterocycles. The Kier molecular flexibility index (Phi) is 5.00. The molecule has 0 saturated carbocycles. The van der Waals surface area contributed by atoms with E-state index in [0.29, 0.717) is 17.9 Å². The summed E-state index contributed by atoms with van der Waals surface area (Å²) in [5.41, 5.74) is 1.57. The van der Waals surface area contributed by atoms with Gasteiger partial charge in [-0.3, -0.25) is 0 Å². The Bertz CT molecular complexity index is 662. The van der Waals surface area contributed by atoms with Gasteiger partial charge in [0.15, 0.2) is 0 Å². The Morgan fingerprint density at radius 3 is 2.57 bits per heavy atom. The third-order valence-corrected chi connectivity index (χ3v) is 3.35. The van der Waals surface area contributed by atoms with Gasteiger partial charge >= 0.3 is 5.97 Å². The van der Waals surface area contributed by atoms with Crippen molar-refractivity contribution in [3.63, 3.8) is 0 Å². The van der Waals surface area contributed by atoms with Crippen molar-refractivity contribution in [3.05, 3.63) is 64.1 Å². The molecule has 0 unspecified atom stereocenters. The Labute approximate surface area is 130 Å². The lowest BCUT2D eigenvalue weighted by Crippen LogP contribution is -1.98. The van der Waals surface area contributed by atoms with Crippen molar-refractivity contribution in [3.8, 4) is 11.5 Å². The maximum absolute atomic E-state index is 10.6. The van der Waals surface area contributed by atoms with Crippen molar-refractivity contribution in [2.24, 2.45) is 0 Å². The SMILES string of the molecule is O=C(O)/C=C/c1cccc(Br)c1OCc1ccc(O)cc1. The third-order valence-electron chi connectivity index (χ3n) is 2.72. The number of rotatable bonds is 5. The molecule has 2 N–H and O–H groups in total. The molecule has 0 spiro atoms. The number of aromatic hydroxyl groups is 1. The van der Waals surface area contributed by atoms with E-state index in [-0.39, 0.29) is 5.75 Å². The number of para-hydroxylation sites is 1. The minimum atomic E-state index is -1.01. The predicted octanol–water partition coefficient (Wildman–Crippen LogP) is 3.83. The van der Waals surface area contributed by atoms with Crippen LogP contribution in [0.25, 0.3) is 6.08 Å². The predicted molar refractivity (Wildman–Crippen MR) is 83.3 cm³/mol. The van der Waals surface area contributed by atoms with Crippen LogP contribution in [0.15, 0.2) is 53.0 Å². The third kappa shape index (κ3) is 4.36. The summed E-state index contributed by atoms with van der Waals surface area (Å²) in [4.78, 5) is 10.6. The number of hydrogen-bond acceptors (Lipinski definition) is 3. The van der Waals surface area contributed by atoms with Crippen LogP contribution < -0.4 is 4.74 Å². The fourth-order valence-corrected chi connectivity index (χ4v) is 2.21. The second-order valence-corrected chi connectivity index (χ2v) is 5.14. The molecule has 0 aliphatic carbocycles. The molecule has 0 heterocycles. The standard InChI is InChI=1S/C16H13BrO4/c17-14-3-1-2-12(6-9-15(19)20)16(14)21-10-11-4-7-13(18)8-5-11/h1-9,18H,10H2,(H,19,20)/b9-6+. The van der Waals surface area contributed by atoms with E-state index in [2.05, 4.69) is 15.9 Å². The zero-order valence-electron chi connectivity index (χ0n) is 11.0. The second-order valence-electron chi connectivity index (χ2n) is 4.28. The summed E-state index contributed by atoms with van der Waals surface area (Å²) >= 11 is 3.39. The summed E-state index contributed by atoms with van der Waals surface area (Å²) in [7, 11) is 0. The number of benzene rings is 2. The Balaban J connectivity index is 2.18. The molecule has 0 saturated heterocycles. The van der Waals surface area contributed by atoms with Crippen molar-refractivity contribution < 1.29 is 19.7 Å². The molecular weight excluding hydrogens is 336 g/mol. The van der Waals surface area contributed by atoms with E-state index in [0.717, 1.165) is 16.1 Å². The first kappa shape index (κ1) is 15.1. The summed E-state index contributed by atoms with van der Waals surface area (Å²) < 4.78 is 6.50. The van der Waals surface area contributed by atoms with Crippen LogP contribution >= 0.6 is 15.9 Å². The summed E-state index contributed by atoms with van der Waals surface area (Å²) in [6, 6.07) is 12.1. The first-order valence-corrected chi connectivity index (χ1v) is 6.96. The molecule has 2 aromatic rings. The second kappa shape index (κ2) is 6.95. The largest absolute Gasteiger partial charge is 0.508 e. The highest BCUT2D eigenvalue weighted by Crippen LogP contribution is 2.30. The number of hydrogen-bond donors (Lipinski definition) is 2. The molecule has 4 nitrogen and oxygen atoms in total. The molecule has 0 aliphatic rings. The minimum Gasteiger partial charge on any atom is -0.508 e. The van der Waals surface area contributed by atoms with E-state index in [9.17, 15) is 9.90 Å². The van der Waals surface area contributed by atoms with E-state index in [1.807, 2.05) is 6.07 Å². The van der Waals surface area contributed by atoms with Gasteiger partial charge in [-0.1, -0.05) is 24.3 Å². The maximum Gasteiger partial charge on any atom is 0.328 e. The lowest BCUT2D eigenvalue weighted by Gasteiger charge is -2.11. The van der Waals surface area contributed by atoms with Gasteiger partial charge in [0.2, 0.25) is 0 Å². The van der Waals surface area contributed by atoms with E-state index in [1.54, 1.807) is 36.4 Å². The van der Waals surface area contributed by atoms with Crippen molar-refractivity contribution in [1.29, 1.82) is 0 Å². The summed E-state index contributed by atoms with van der Waals surface area (Å²) in [5.74, 6) is -0.243. The fraction of sp³-hybridized carbons (Fsp3) is 0.0625. The van der Waals surface area contributed by atoms with Crippen molar-refractivity contribution in [1.82, 2.24) is 0 Å². The van der Waals surface area contributed by atoms with Gasteiger partial charge in [0.1, 0.15) is 18.1 Å². The fourth-order valence-electron chi connectivity index (χ4n) is 1.72.